The van der Waals surface area contributed by atoms with E-state index in [9.17, 15) is 22.8 Å². The molecule has 0 aromatic heterocycles. The number of alkyl halides is 3. The number of carbonyl (C=O) groups excluding carboxylic acids is 2. The van der Waals surface area contributed by atoms with E-state index in [-0.39, 0.29) is 35.3 Å². The Morgan fingerprint density at radius 2 is 1.84 bits per heavy atom. The third kappa shape index (κ3) is 4.76. The minimum atomic E-state index is -4.59. The van der Waals surface area contributed by atoms with Gasteiger partial charge in [-0.25, -0.2) is 4.79 Å². The van der Waals surface area contributed by atoms with E-state index in [1.165, 1.54) is 6.07 Å². The first-order chi connectivity index (χ1) is 15.1. The molecule has 0 bridgehead atoms. The lowest BCUT2D eigenvalue weighted by Gasteiger charge is -2.38. The Labute approximate surface area is 185 Å². The van der Waals surface area contributed by atoms with E-state index in [0.29, 0.717) is 44.7 Å². The summed E-state index contributed by atoms with van der Waals surface area (Å²) in [5.74, 6) is -0.0948. The number of halogens is 3. The molecular weight excluding hydrogens is 423 g/mol. The normalized spacial score (nSPS) is 21.9. The van der Waals surface area contributed by atoms with E-state index in [0.717, 1.165) is 6.07 Å². The smallest absolute Gasteiger partial charge is 0.372 e. The van der Waals surface area contributed by atoms with Crippen LogP contribution in [0.5, 0.6) is 0 Å². The Hall–Kier alpha value is -2.96. The SMILES string of the molecule is CNC(=O)N1C[C@@H](C(=O)N(C)C)[C@H](C2CCN(c3ccc(C#N)c(C(F)(F)F)c3)CC2)C1. The largest absolute Gasteiger partial charge is 0.417 e. The molecule has 0 unspecified atom stereocenters. The van der Waals surface area contributed by atoms with Crippen molar-refractivity contribution >= 4 is 17.6 Å². The van der Waals surface area contributed by atoms with Crippen LogP contribution in [0.4, 0.5) is 23.7 Å². The number of likely N-dealkylation sites (tertiary alicyclic amines) is 1. The molecule has 3 rings (SSSR count). The molecule has 32 heavy (non-hydrogen) atoms. The van der Waals surface area contributed by atoms with Crippen LogP contribution in [0.3, 0.4) is 0 Å². The number of hydrogen-bond donors (Lipinski definition) is 1. The molecule has 174 valence electrons. The minimum Gasteiger partial charge on any atom is -0.372 e. The molecule has 2 atom stereocenters. The average molecular weight is 451 g/mol. The van der Waals surface area contributed by atoms with Crippen LogP contribution in [0, 0.1) is 29.1 Å². The monoisotopic (exact) mass is 451 g/mol. The fourth-order valence-corrected chi connectivity index (χ4v) is 4.87. The van der Waals surface area contributed by atoms with Crippen LogP contribution in [-0.2, 0) is 11.0 Å². The van der Waals surface area contributed by atoms with E-state index in [1.54, 1.807) is 43.1 Å². The van der Waals surface area contributed by atoms with Gasteiger partial charge in [-0.15, -0.1) is 0 Å². The molecule has 2 aliphatic heterocycles. The van der Waals surface area contributed by atoms with Crippen molar-refractivity contribution in [1.82, 2.24) is 15.1 Å². The lowest BCUT2D eigenvalue weighted by molar-refractivity contribution is -0.137. The van der Waals surface area contributed by atoms with Gasteiger partial charge >= 0.3 is 12.2 Å². The maximum Gasteiger partial charge on any atom is 0.417 e. The third-order valence-electron chi connectivity index (χ3n) is 6.56. The fraction of sp³-hybridized carbons (Fsp3) is 0.591. The first-order valence-corrected chi connectivity index (χ1v) is 10.6. The highest BCUT2D eigenvalue weighted by atomic mass is 19.4. The van der Waals surface area contributed by atoms with Gasteiger partial charge in [-0.1, -0.05) is 0 Å². The van der Waals surface area contributed by atoms with Crippen LogP contribution < -0.4 is 10.2 Å². The number of nitrogens with zero attached hydrogens (tertiary/aromatic N) is 4. The van der Waals surface area contributed by atoms with E-state index in [2.05, 4.69) is 5.32 Å². The van der Waals surface area contributed by atoms with E-state index < -0.39 is 11.7 Å². The van der Waals surface area contributed by atoms with Crippen molar-refractivity contribution in [1.29, 1.82) is 5.26 Å². The van der Waals surface area contributed by atoms with Crippen LogP contribution in [0.1, 0.15) is 24.0 Å². The van der Waals surface area contributed by atoms with Crippen LogP contribution >= 0.6 is 0 Å². The van der Waals surface area contributed by atoms with Gasteiger partial charge in [-0.05, 0) is 42.9 Å². The second kappa shape index (κ2) is 9.27. The summed E-state index contributed by atoms with van der Waals surface area (Å²) in [5, 5.41) is 11.6. The summed E-state index contributed by atoms with van der Waals surface area (Å²) in [6.07, 6.45) is -3.16. The molecule has 1 N–H and O–H groups in total. The zero-order valence-electron chi connectivity index (χ0n) is 18.4. The number of carbonyl (C=O) groups is 2. The van der Waals surface area contributed by atoms with Gasteiger partial charge in [0.05, 0.1) is 23.1 Å². The molecule has 2 fully saturated rings. The molecular formula is C22H28F3N5O2. The summed E-state index contributed by atoms with van der Waals surface area (Å²) in [6, 6.07) is 5.21. The van der Waals surface area contributed by atoms with Crippen molar-refractivity contribution < 1.29 is 22.8 Å². The van der Waals surface area contributed by atoms with E-state index in [1.807, 2.05) is 4.90 Å². The predicted molar refractivity (Wildman–Crippen MR) is 113 cm³/mol. The van der Waals surface area contributed by atoms with E-state index >= 15 is 0 Å². The Morgan fingerprint density at radius 1 is 1.19 bits per heavy atom. The summed E-state index contributed by atoms with van der Waals surface area (Å²) in [5.41, 5.74) is -0.871. The van der Waals surface area contributed by atoms with Gasteiger partial charge in [-0.2, -0.15) is 18.4 Å². The average Bonchev–Trinajstić information content (AvgIpc) is 3.22. The maximum absolute atomic E-state index is 13.3. The summed E-state index contributed by atoms with van der Waals surface area (Å²) >= 11 is 0. The summed E-state index contributed by atoms with van der Waals surface area (Å²) in [6.45, 7) is 1.95. The van der Waals surface area contributed by atoms with Crippen molar-refractivity contribution in [2.45, 2.75) is 19.0 Å². The molecule has 2 saturated heterocycles. The quantitative estimate of drug-likeness (QED) is 0.767. The number of benzene rings is 1. The van der Waals surface area contributed by atoms with Crippen LogP contribution in [0.15, 0.2) is 18.2 Å². The van der Waals surface area contributed by atoms with Crippen molar-refractivity contribution in [3.05, 3.63) is 29.3 Å². The lowest BCUT2D eigenvalue weighted by Crippen LogP contribution is -2.41. The molecule has 2 aliphatic rings. The van der Waals surface area contributed by atoms with Crippen LogP contribution in [0.25, 0.3) is 0 Å². The highest BCUT2D eigenvalue weighted by Gasteiger charge is 2.44. The Balaban J connectivity index is 1.74. The number of hydrogen-bond acceptors (Lipinski definition) is 4. The summed E-state index contributed by atoms with van der Waals surface area (Å²) in [4.78, 5) is 30.0. The number of anilines is 1. The van der Waals surface area contributed by atoms with Gasteiger partial charge in [0.2, 0.25) is 5.91 Å². The molecule has 1 aromatic rings. The molecule has 2 heterocycles. The third-order valence-corrected chi connectivity index (χ3v) is 6.56. The molecule has 7 nitrogen and oxygen atoms in total. The predicted octanol–water partition coefficient (Wildman–Crippen LogP) is 2.77. The van der Waals surface area contributed by atoms with E-state index in [4.69, 9.17) is 5.26 Å². The molecule has 10 heteroatoms. The molecule has 3 amide bonds. The van der Waals surface area contributed by atoms with Crippen LogP contribution in [0.2, 0.25) is 0 Å². The standard InChI is InChI=1S/C22H28F3N5O2/c1-27-21(32)30-12-17(18(13-30)20(31)28(2)3)14-6-8-29(9-7-14)16-5-4-15(11-26)19(10-16)22(23,24)25/h4-5,10,14,17-18H,6-9,12-13H2,1-3H3,(H,27,32)/t17-,18+/m0/s1. The molecule has 0 saturated carbocycles. The zero-order chi connectivity index (χ0) is 23.6. The number of amides is 3. The minimum absolute atomic E-state index is 0.00857. The van der Waals surface area contributed by atoms with Crippen molar-refractivity contribution in [2.75, 3.05) is 52.2 Å². The van der Waals surface area contributed by atoms with Gasteiger partial charge in [0.15, 0.2) is 0 Å². The molecule has 0 radical (unpaired) electrons. The Bertz CT molecular complexity index is 904. The first kappa shape index (κ1) is 23.7. The fourth-order valence-electron chi connectivity index (χ4n) is 4.87. The maximum atomic E-state index is 13.3. The Morgan fingerprint density at radius 3 is 2.38 bits per heavy atom. The number of nitriles is 1. The lowest BCUT2D eigenvalue weighted by atomic mass is 9.78. The van der Waals surface area contributed by atoms with Crippen molar-refractivity contribution in [2.24, 2.45) is 17.8 Å². The van der Waals surface area contributed by atoms with Crippen LogP contribution in [-0.4, -0.2) is 69.1 Å². The number of nitrogens with one attached hydrogen (secondary N) is 1. The molecule has 0 spiro atoms. The van der Waals surface area contributed by atoms with Gasteiger partial charge in [-0.3, -0.25) is 4.79 Å². The molecule has 1 aromatic carbocycles. The number of piperidine rings is 1. The van der Waals surface area contributed by atoms with Crippen molar-refractivity contribution in [3.63, 3.8) is 0 Å². The van der Waals surface area contributed by atoms with Gasteiger partial charge in [0.25, 0.3) is 0 Å². The molecule has 0 aliphatic carbocycles. The Kier molecular flexibility index (Phi) is 6.86. The number of rotatable bonds is 3. The topological polar surface area (TPSA) is 79.7 Å². The van der Waals surface area contributed by atoms with Crippen molar-refractivity contribution in [3.8, 4) is 6.07 Å². The van der Waals surface area contributed by atoms with Gasteiger partial charge < -0.3 is 20.0 Å². The summed E-state index contributed by atoms with van der Waals surface area (Å²) in [7, 11) is 4.96. The second-order valence-corrected chi connectivity index (χ2v) is 8.63. The highest BCUT2D eigenvalue weighted by molar-refractivity contribution is 5.81. The van der Waals surface area contributed by atoms with Gasteiger partial charge in [0.1, 0.15) is 0 Å². The summed E-state index contributed by atoms with van der Waals surface area (Å²) < 4.78 is 40.0. The first-order valence-electron chi connectivity index (χ1n) is 10.6. The highest BCUT2D eigenvalue weighted by Crippen LogP contribution is 2.39. The number of urea groups is 1. The van der Waals surface area contributed by atoms with Gasteiger partial charge in [0, 0.05) is 53.0 Å². The zero-order valence-corrected chi connectivity index (χ0v) is 18.4. The second-order valence-electron chi connectivity index (χ2n) is 8.63.